The summed E-state index contributed by atoms with van der Waals surface area (Å²) in [6, 6.07) is 9.48. The number of ether oxygens (including phenoxy) is 1. The molecule has 0 saturated heterocycles. The largest absolute Gasteiger partial charge is 0.483 e. The van der Waals surface area contributed by atoms with Gasteiger partial charge in [0.2, 0.25) is 0 Å². The number of hydrogen-bond acceptors (Lipinski definition) is 3. The van der Waals surface area contributed by atoms with E-state index in [0.717, 1.165) is 11.1 Å². The molecule has 0 aliphatic rings. The van der Waals surface area contributed by atoms with Crippen molar-refractivity contribution in [1.29, 1.82) is 0 Å². The van der Waals surface area contributed by atoms with Gasteiger partial charge in [0.25, 0.3) is 0 Å². The number of nitrogens with one attached hydrogen (secondary N) is 1. The molecule has 0 saturated carbocycles. The van der Waals surface area contributed by atoms with Crippen molar-refractivity contribution in [3.8, 4) is 5.75 Å². The Morgan fingerprint density at radius 1 is 1.00 bits per heavy atom. The molecule has 0 bridgehead atoms. The Bertz CT molecular complexity index is 577. The molecule has 2 aromatic rings. The standard InChI is InChI=1S/C16H17F2NO2/c1-19-8-13-6-14(17)16(15(18)7-13)21-10-12-4-2-11(9-20)3-5-12/h2-7,19-20H,8-10H2,1H3. The third kappa shape index (κ3) is 4.00. The molecule has 112 valence electrons. The molecule has 0 spiro atoms. The minimum Gasteiger partial charge on any atom is -0.483 e. The molecule has 0 fully saturated rings. The Hall–Kier alpha value is -1.98. The van der Waals surface area contributed by atoms with Crippen LogP contribution in [0.15, 0.2) is 36.4 Å². The van der Waals surface area contributed by atoms with Gasteiger partial charge in [-0.25, -0.2) is 8.78 Å². The minimum absolute atomic E-state index is 0.0443. The lowest BCUT2D eigenvalue weighted by Crippen LogP contribution is -2.07. The molecular formula is C16H17F2NO2. The SMILES string of the molecule is CNCc1cc(F)c(OCc2ccc(CO)cc2)c(F)c1. The van der Waals surface area contributed by atoms with E-state index in [1.807, 2.05) is 0 Å². The summed E-state index contributed by atoms with van der Waals surface area (Å²) in [5.74, 6) is -1.81. The molecule has 2 N–H and O–H groups in total. The lowest BCUT2D eigenvalue weighted by atomic mass is 10.1. The van der Waals surface area contributed by atoms with Crippen LogP contribution < -0.4 is 10.1 Å². The van der Waals surface area contributed by atoms with Crippen LogP contribution in [-0.2, 0) is 19.8 Å². The van der Waals surface area contributed by atoms with Crippen molar-refractivity contribution in [2.24, 2.45) is 0 Å². The topological polar surface area (TPSA) is 41.5 Å². The van der Waals surface area contributed by atoms with Gasteiger partial charge in [-0.15, -0.1) is 0 Å². The smallest absolute Gasteiger partial charge is 0.191 e. The molecule has 0 atom stereocenters. The van der Waals surface area contributed by atoms with Gasteiger partial charge in [0.05, 0.1) is 6.61 Å². The van der Waals surface area contributed by atoms with Crippen molar-refractivity contribution < 1.29 is 18.6 Å². The molecular weight excluding hydrogens is 276 g/mol. The third-order valence-electron chi connectivity index (χ3n) is 3.03. The Morgan fingerprint density at radius 2 is 1.57 bits per heavy atom. The van der Waals surface area contributed by atoms with E-state index in [4.69, 9.17) is 9.84 Å². The van der Waals surface area contributed by atoms with Crippen LogP contribution >= 0.6 is 0 Å². The van der Waals surface area contributed by atoms with Crippen LogP contribution in [0.5, 0.6) is 5.75 Å². The highest BCUT2D eigenvalue weighted by molar-refractivity contribution is 5.32. The summed E-state index contributed by atoms with van der Waals surface area (Å²) in [4.78, 5) is 0. The molecule has 3 nitrogen and oxygen atoms in total. The average Bonchev–Trinajstić information content (AvgIpc) is 2.47. The molecule has 0 heterocycles. The quantitative estimate of drug-likeness (QED) is 0.860. The highest BCUT2D eigenvalue weighted by Gasteiger charge is 2.12. The third-order valence-corrected chi connectivity index (χ3v) is 3.03. The highest BCUT2D eigenvalue weighted by Crippen LogP contribution is 2.24. The van der Waals surface area contributed by atoms with Crippen molar-refractivity contribution in [2.75, 3.05) is 7.05 Å². The fourth-order valence-corrected chi connectivity index (χ4v) is 1.95. The molecule has 2 rings (SSSR count). The fraction of sp³-hybridized carbons (Fsp3) is 0.250. The lowest BCUT2D eigenvalue weighted by Gasteiger charge is -2.10. The molecule has 0 aromatic heterocycles. The maximum atomic E-state index is 13.8. The van der Waals surface area contributed by atoms with E-state index in [2.05, 4.69) is 5.32 Å². The van der Waals surface area contributed by atoms with Crippen molar-refractivity contribution in [3.63, 3.8) is 0 Å². The van der Waals surface area contributed by atoms with Gasteiger partial charge in [-0.1, -0.05) is 24.3 Å². The minimum atomic E-state index is -0.716. The van der Waals surface area contributed by atoms with Crippen LogP contribution in [0.1, 0.15) is 16.7 Å². The number of benzene rings is 2. The lowest BCUT2D eigenvalue weighted by molar-refractivity contribution is 0.272. The van der Waals surface area contributed by atoms with Gasteiger partial charge in [0, 0.05) is 6.54 Å². The van der Waals surface area contributed by atoms with E-state index in [-0.39, 0.29) is 19.0 Å². The second kappa shape index (κ2) is 7.15. The number of hydrogen-bond donors (Lipinski definition) is 2. The van der Waals surface area contributed by atoms with Crippen molar-refractivity contribution in [3.05, 3.63) is 64.7 Å². The fourth-order valence-electron chi connectivity index (χ4n) is 1.95. The zero-order valence-corrected chi connectivity index (χ0v) is 11.7. The van der Waals surface area contributed by atoms with E-state index in [0.29, 0.717) is 12.1 Å². The normalized spacial score (nSPS) is 10.7. The summed E-state index contributed by atoms with van der Waals surface area (Å²) in [6.07, 6.45) is 0. The summed E-state index contributed by atoms with van der Waals surface area (Å²) in [7, 11) is 1.70. The van der Waals surface area contributed by atoms with E-state index in [1.165, 1.54) is 12.1 Å². The van der Waals surface area contributed by atoms with Gasteiger partial charge in [-0.3, -0.25) is 0 Å². The van der Waals surface area contributed by atoms with E-state index in [1.54, 1.807) is 31.3 Å². The van der Waals surface area contributed by atoms with Crippen LogP contribution in [0.2, 0.25) is 0 Å². The van der Waals surface area contributed by atoms with Crippen molar-refractivity contribution >= 4 is 0 Å². The Kier molecular flexibility index (Phi) is 5.25. The number of aliphatic hydroxyl groups is 1. The van der Waals surface area contributed by atoms with Gasteiger partial charge in [-0.05, 0) is 35.9 Å². The summed E-state index contributed by atoms with van der Waals surface area (Å²) in [5, 5.41) is 11.8. The maximum Gasteiger partial charge on any atom is 0.191 e. The second-order valence-corrected chi connectivity index (χ2v) is 4.68. The van der Waals surface area contributed by atoms with Gasteiger partial charge in [-0.2, -0.15) is 0 Å². The number of aliphatic hydroxyl groups excluding tert-OH is 1. The molecule has 2 aromatic carbocycles. The first-order valence-corrected chi connectivity index (χ1v) is 6.58. The first-order valence-electron chi connectivity index (χ1n) is 6.58. The summed E-state index contributed by atoms with van der Waals surface area (Å²) in [5.41, 5.74) is 2.06. The predicted octanol–water partition coefficient (Wildman–Crippen LogP) is 2.76. The predicted molar refractivity (Wildman–Crippen MR) is 75.8 cm³/mol. The van der Waals surface area contributed by atoms with E-state index < -0.39 is 11.6 Å². The Morgan fingerprint density at radius 3 is 2.10 bits per heavy atom. The van der Waals surface area contributed by atoms with E-state index in [9.17, 15) is 8.78 Å². The molecule has 0 unspecified atom stereocenters. The summed E-state index contributed by atoms with van der Waals surface area (Å²) < 4.78 is 32.9. The molecule has 21 heavy (non-hydrogen) atoms. The first-order chi connectivity index (χ1) is 10.1. The van der Waals surface area contributed by atoms with Gasteiger partial charge in [0.15, 0.2) is 17.4 Å². The zero-order chi connectivity index (χ0) is 15.2. The molecule has 0 radical (unpaired) electrons. The number of halogens is 2. The van der Waals surface area contributed by atoms with Gasteiger partial charge < -0.3 is 15.2 Å². The Balaban J connectivity index is 2.08. The average molecular weight is 293 g/mol. The molecule has 0 amide bonds. The zero-order valence-electron chi connectivity index (χ0n) is 11.7. The molecule has 0 aliphatic carbocycles. The van der Waals surface area contributed by atoms with Crippen LogP contribution in [0, 0.1) is 11.6 Å². The van der Waals surface area contributed by atoms with Crippen LogP contribution in [-0.4, -0.2) is 12.2 Å². The summed E-state index contributed by atoms with van der Waals surface area (Å²) in [6.45, 7) is 0.402. The van der Waals surface area contributed by atoms with Crippen LogP contribution in [0.3, 0.4) is 0 Å². The van der Waals surface area contributed by atoms with Crippen LogP contribution in [0.4, 0.5) is 8.78 Å². The monoisotopic (exact) mass is 293 g/mol. The maximum absolute atomic E-state index is 13.8. The first kappa shape index (κ1) is 15.4. The van der Waals surface area contributed by atoms with Crippen molar-refractivity contribution in [1.82, 2.24) is 5.32 Å². The van der Waals surface area contributed by atoms with Crippen molar-refractivity contribution in [2.45, 2.75) is 19.8 Å². The summed E-state index contributed by atoms with van der Waals surface area (Å²) >= 11 is 0. The van der Waals surface area contributed by atoms with Gasteiger partial charge in [0.1, 0.15) is 6.61 Å². The second-order valence-electron chi connectivity index (χ2n) is 4.68. The van der Waals surface area contributed by atoms with Gasteiger partial charge >= 0.3 is 0 Å². The van der Waals surface area contributed by atoms with E-state index >= 15 is 0 Å². The number of rotatable bonds is 6. The molecule has 5 heteroatoms. The molecule has 0 aliphatic heterocycles. The Labute approximate surface area is 122 Å². The van der Waals surface area contributed by atoms with Crippen LogP contribution in [0.25, 0.3) is 0 Å². The highest BCUT2D eigenvalue weighted by atomic mass is 19.1.